The van der Waals surface area contributed by atoms with Gasteiger partial charge in [-0.2, -0.15) is 0 Å². The SMILES string of the molecule is Cc1cnc(Oc2ccc3c(c2)COB3O)nc1. The monoisotopic (exact) mass is 242 g/mol. The summed E-state index contributed by atoms with van der Waals surface area (Å²) in [6.07, 6.45) is 3.39. The van der Waals surface area contributed by atoms with E-state index in [1.807, 2.05) is 13.0 Å². The lowest BCUT2D eigenvalue weighted by Crippen LogP contribution is -2.27. The van der Waals surface area contributed by atoms with Crippen LogP contribution in [-0.2, 0) is 11.3 Å². The molecule has 0 unspecified atom stereocenters. The number of aromatic nitrogens is 2. The van der Waals surface area contributed by atoms with Crippen LogP contribution in [-0.4, -0.2) is 22.1 Å². The molecule has 2 heterocycles. The van der Waals surface area contributed by atoms with Crippen LogP contribution in [0, 0.1) is 6.92 Å². The molecule has 0 fully saturated rings. The predicted octanol–water partition coefficient (Wildman–Crippen LogP) is 0.795. The second-order valence-corrected chi connectivity index (χ2v) is 4.17. The summed E-state index contributed by atoms with van der Waals surface area (Å²) < 4.78 is 10.6. The Bertz CT molecular complexity index is 574. The Morgan fingerprint density at radius 2 is 2.11 bits per heavy atom. The molecule has 1 aliphatic rings. The zero-order valence-electron chi connectivity index (χ0n) is 9.83. The largest absolute Gasteiger partial charge is 0.491 e. The molecule has 0 saturated heterocycles. The van der Waals surface area contributed by atoms with Crippen LogP contribution in [0.4, 0.5) is 0 Å². The first kappa shape index (κ1) is 11.2. The van der Waals surface area contributed by atoms with Crippen molar-refractivity contribution < 1.29 is 14.4 Å². The van der Waals surface area contributed by atoms with Gasteiger partial charge in [-0.1, -0.05) is 6.07 Å². The smallest absolute Gasteiger partial charge is 0.424 e. The van der Waals surface area contributed by atoms with Gasteiger partial charge in [-0.25, -0.2) is 9.97 Å². The molecule has 0 aliphatic carbocycles. The highest BCUT2D eigenvalue weighted by molar-refractivity contribution is 6.61. The highest BCUT2D eigenvalue weighted by Gasteiger charge is 2.27. The molecule has 0 saturated carbocycles. The number of benzene rings is 1. The van der Waals surface area contributed by atoms with Gasteiger partial charge in [0, 0.05) is 12.4 Å². The number of ether oxygens (including phenoxy) is 1. The number of rotatable bonds is 2. The summed E-state index contributed by atoms with van der Waals surface area (Å²) in [6, 6.07) is 5.69. The lowest BCUT2D eigenvalue weighted by molar-refractivity contribution is 0.275. The standard InChI is InChI=1S/C12H11BN2O3/c1-8-5-14-12(15-6-8)18-10-2-3-11-9(4-10)7-17-13(11)16/h2-6,16H,7H2,1H3. The number of hydrogen-bond acceptors (Lipinski definition) is 5. The molecule has 5 nitrogen and oxygen atoms in total. The van der Waals surface area contributed by atoms with E-state index in [-0.39, 0.29) is 0 Å². The Morgan fingerprint density at radius 1 is 1.33 bits per heavy atom. The van der Waals surface area contributed by atoms with Gasteiger partial charge in [0.25, 0.3) is 0 Å². The topological polar surface area (TPSA) is 64.5 Å². The van der Waals surface area contributed by atoms with Gasteiger partial charge in [0.05, 0.1) is 6.61 Å². The van der Waals surface area contributed by atoms with E-state index < -0.39 is 7.12 Å². The highest BCUT2D eigenvalue weighted by atomic mass is 16.5. The lowest BCUT2D eigenvalue weighted by Gasteiger charge is -2.05. The first-order chi connectivity index (χ1) is 8.72. The summed E-state index contributed by atoms with van der Waals surface area (Å²) in [7, 11) is -0.829. The third kappa shape index (κ3) is 2.08. The Kier molecular flexibility index (Phi) is 2.73. The zero-order chi connectivity index (χ0) is 12.5. The van der Waals surface area contributed by atoms with Crippen molar-refractivity contribution in [2.45, 2.75) is 13.5 Å². The van der Waals surface area contributed by atoms with Gasteiger partial charge in [0.2, 0.25) is 0 Å². The fraction of sp³-hybridized carbons (Fsp3) is 0.167. The maximum Gasteiger partial charge on any atom is 0.491 e. The zero-order valence-corrected chi connectivity index (χ0v) is 9.83. The normalized spacial score (nSPS) is 13.6. The molecule has 1 aromatic carbocycles. The summed E-state index contributed by atoms with van der Waals surface area (Å²) in [4.78, 5) is 8.14. The molecule has 0 amide bonds. The Morgan fingerprint density at radius 3 is 2.89 bits per heavy atom. The van der Waals surface area contributed by atoms with Crippen LogP contribution in [0.5, 0.6) is 11.8 Å². The van der Waals surface area contributed by atoms with Crippen LogP contribution >= 0.6 is 0 Å². The van der Waals surface area contributed by atoms with Crippen molar-refractivity contribution in [2.24, 2.45) is 0 Å². The summed E-state index contributed by atoms with van der Waals surface area (Å²) in [5.74, 6) is 0.635. The van der Waals surface area contributed by atoms with Crippen LogP contribution in [0.1, 0.15) is 11.1 Å². The minimum absolute atomic E-state index is 0.306. The van der Waals surface area contributed by atoms with E-state index in [0.29, 0.717) is 18.4 Å². The van der Waals surface area contributed by atoms with E-state index in [1.54, 1.807) is 24.5 Å². The van der Waals surface area contributed by atoms with Gasteiger partial charge in [0.1, 0.15) is 5.75 Å². The Hall–Kier alpha value is -1.92. The van der Waals surface area contributed by atoms with Gasteiger partial charge < -0.3 is 14.4 Å². The quantitative estimate of drug-likeness (QED) is 0.789. The van der Waals surface area contributed by atoms with E-state index in [1.165, 1.54) is 0 Å². The molecule has 1 aromatic heterocycles. The van der Waals surface area contributed by atoms with Crippen molar-refractivity contribution in [3.63, 3.8) is 0 Å². The molecule has 90 valence electrons. The molecule has 0 atom stereocenters. The highest BCUT2D eigenvalue weighted by Crippen LogP contribution is 2.20. The fourth-order valence-corrected chi connectivity index (χ4v) is 1.81. The van der Waals surface area contributed by atoms with E-state index >= 15 is 0 Å². The van der Waals surface area contributed by atoms with Crippen LogP contribution < -0.4 is 10.2 Å². The molecule has 0 spiro atoms. The molecule has 3 rings (SSSR count). The second kappa shape index (κ2) is 4.40. The van der Waals surface area contributed by atoms with Crippen molar-refractivity contribution in [3.8, 4) is 11.8 Å². The van der Waals surface area contributed by atoms with Crippen molar-refractivity contribution in [1.82, 2.24) is 9.97 Å². The van der Waals surface area contributed by atoms with Crippen molar-refractivity contribution in [1.29, 1.82) is 0 Å². The van der Waals surface area contributed by atoms with E-state index in [0.717, 1.165) is 16.6 Å². The second-order valence-electron chi connectivity index (χ2n) is 4.17. The number of fused-ring (bicyclic) bond motifs is 1. The summed E-state index contributed by atoms with van der Waals surface area (Å²) in [5.41, 5.74) is 2.69. The van der Waals surface area contributed by atoms with Crippen LogP contribution in [0.2, 0.25) is 0 Å². The minimum Gasteiger partial charge on any atom is -0.424 e. The average molecular weight is 242 g/mol. The van der Waals surface area contributed by atoms with Gasteiger partial charge in [-0.3, -0.25) is 0 Å². The summed E-state index contributed by atoms with van der Waals surface area (Å²) >= 11 is 0. The molecule has 1 N–H and O–H groups in total. The maximum atomic E-state index is 9.50. The summed E-state index contributed by atoms with van der Waals surface area (Å²) in [5, 5.41) is 9.50. The first-order valence-corrected chi connectivity index (χ1v) is 5.61. The maximum absolute atomic E-state index is 9.50. The van der Waals surface area contributed by atoms with Crippen molar-refractivity contribution >= 4 is 12.6 Å². The van der Waals surface area contributed by atoms with Gasteiger partial charge >= 0.3 is 13.1 Å². The van der Waals surface area contributed by atoms with E-state index in [4.69, 9.17) is 9.39 Å². The molecule has 0 radical (unpaired) electrons. The molecule has 1 aliphatic heterocycles. The third-order valence-corrected chi connectivity index (χ3v) is 2.74. The van der Waals surface area contributed by atoms with E-state index in [9.17, 15) is 5.02 Å². The molecule has 18 heavy (non-hydrogen) atoms. The molecular weight excluding hydrogens is 231 g/mol. The molecule has 6 heteroatoms. The van der Waals surface area contributed by atoms with Gasteiger partial charge in [-0.05, 0) is 35.6 Å². The van der Waals surface area contributed by atoms with Crippen LogP contribution in [0.3, 0.4) is 0 Å². The van der Waals surface area contributed by atoms with Crippen LogP contribution in [0.25, 0.3) is 0 Å². The Balaban J connectivity index is 1.84. The number of aryl methyl sites for hydroxylation is 1. The first-order valence-electron chi connectivity index (χ1n) is 5.61. The van der Waals surface area contributed by atoms with Gasteiger partial charge in [0.15, 0.2) is 0 Å². The molecule has 2 aromatic rings. The molecular formula is C12H11BN2O3. The predicted molar refractivity (Wildman–Crippen MR) is 65.7 cm³/mol. The average Bonchev–Trinajstić information content (AvgIpc) is 2.74. The Labute approximate surface area is 105 Å². The van der Waals surface area contributed by atoms with Crippen molar-refractivity contribution in [2.75, 3.05) is 0 Å². The van der Waals surface area contributed by atoms with Crippen molar-refractivity contribution in [3.05, 3.63) is 41.7 Å². The lowest BCUT2D eigenvalue weighted by atomic mass is 9.80. The third-order valence-electron chi connectivity index (χ3n) is 2.74. The molecule has 0 bridgehead atoms. The van der Waals surface area contributed by atoms with Gasteiger partial charge in [-0.15, -0.1) is 0 Å². The minimum atomic E-state index is -0.829. The number of nitrogens with zero attached hydrogens (tertiary/aromatic N) is 2. The summed E-state index contributed by atoms with van der Waals surface area (Å²) in [6.45, 7) is 2.31. The van der Waals surface area contributed by atoms with Crippen LogP contribution in [0.15, 0.2) is 30.6 Å². The van der Waals surface area contributed by atoms with E-state index in [2.05, 4.69) is 9.97 Å². The fourth-order valence-electron chi connectivity index (χ4n) is 1.81. The number of hydrogen-bond donors (Lipinski definition) is 1.